The molecule has 0 saturated carbocycles. The molecule has 12 heteroatoms. The van der Waals surface area contributed by atoms with Crippen LogP contribution in [0.3, 0.4) is 0 Å². The molecule has 0 fully saturated rings. The van der Waals surface area contributed by atoms with E-state index in [9.17, 15) is 28.9 Å². The summed E-state index contributed by atoms with van der Waals surface area (Å²) in [4.78, 5) is 48.7. The number of esters is 3. The summed E-state index contributed by atoms with van der Waals surface area (Å²) in [7, 11) is -4.77. The first-order chi connectivity index (χ1) is 38.2. The first-order valence-corrected chi connectivity index (χ1v) is 32.6. The molecule has 0 rings (SSSR count). The number of carbonyl (C=O) groups excluding carboxylic acids is 3. The Morgan fingerprint density at radius 2 is 0.667 bits per heavy atom. The number of ether oxygens (including phenoxy) is 3. The number of aliphatic hydroxyl groups excluding tert-OH is 1. The molecular weight excluding hydrogens is 1000 g/mol. The van der Waals surface area contributed by atoms with Crippen LogP contribution < -0.4 is 0 Å². The van der Waals surface area contributed by atoms with Gasteiger partial charge in [0.25, 0.3) is 0 Å². The number of aliphatic hydroxyl groups is 1. The Morgan fingerprint density at radius 3 is 1.06 bits per heavy atom. The quantitative estimate of drug-likeness (QED) is 0.0197. The SMILES string of the molecule is CC/C=C\C/C=C\C/C=C\C/C=C\CCCCCCC(=O)OC(CO)COP(=O)(O)OCC(COC(=O)CCCCCCC/C=C\CCCCCCCC)OC(=O)CCCCCCCC/C=C\C/C=C\C/C=C\CCCCC. The molecule has 0 aromatic rings. The molecule has 0 aliphatic heterocycles. The average Bonchev–Trinajstić information content (AvgIpc) is 3.43. The van der Waals surface area contributed by atoms with Crippen LogP contribution in [0.4, 0.5) is 0 Å². The summed E-state index contributed by atoms with van der Waals surface area (Å²) in [5.74, 6) is -1.51. The van der Waals surface area contributed by atoms with E-state index in [2.05, 4.69) is 118 Å². The van der Waals surface area contributed by atoms with Crippen LogP contribution in [0.1, 0.15) is 265 Å². The molecule has 3 atom stereocenters. The zero-order valence-corrected chi connectivity index (χ0v) is 50.5. The van der Waals surface area contributed by atoms with E-state index in [1.165, 1.54) is 64.2 Å². The number of allylic oxidation sites excluding steroid dienone is 16. The smallest absolute Gasteiger partial charge is 0.462 e. The van der Waals surface area contributed by atoms with Crippen LogP contribution in [0.25, 0.3) is 0 Å². The molecule has 0 aliphatic rings. The number of phosphoric acid groups is 1. The minimum absolute atomic E-state index is 0.144. The van der Waals surface area contributed by atoms with Gasteiger partial charge in [-0.25, -0.2) is 4.57 Å². The Labute approximate surface area is 476 Å². The Bertz CT molecular complexity index is 1680. The van der Waals surface area contributed by atoms with Gasteiger partial charge in [-0.2, -0.15) is 0 Å². The second-order valence-corrected chi connectivity index (χ2v) is 21.9. The summed E-state index contributed by atoms with van der Waals surface area (Å²) < 4.78 is 39.6. The lowest BCUT2D eigenvalue weighted by atomic mass is 10.1. The Hall–Kier alpha value is -3.60. The van der Waals surface area contributed by atoms with E-state index < -0.39 is 57.8 Å². The van der Waals surface area contributed by atoms with Gasteiger partial charge in [-0.15, -0.1) is 0 Å². The first kappa shape index (κ1) is 74.4. The fraction of sp³-hybridized carbons (Fsp3) is 0.712. The van der Waals surface area contributed by atoms with Crippen molar-refractivity contribution in [1.82, 2.24) is 0 Å². The van der Waals surface area contributed by atoms with Crippen molar-refractivity contribution in [1.29, 1.82) is 0 Å². The van der Waals surface area contributed by atoms with Crippen molar-refractivity contribution in [2.75, 3.05) is 26.4 Å². The second kappa shape index (κ2) is 59.5. The Morgan fingerprint density at radius 1 is 0.372 bits per heavy atom. The van der Waals surface area contributed by atoms with Crippen LogP contribution in [0, 0.1) is 0 Å². The Balaban J connectivity index is 4.77. The zero-order chi connectivity index (χ0) is 56.9. The third-order valence-electron chi connectivity index (χ3n) is 13.0. The maximum absolute atomic E-state index is 12.9. The van der Waals surface area contributed by atoms with Gasteiger partial charge in [0.05, 0.1) is 19.8 Å². The minimum atomic E-state index is -4.77. The van der Waals surface area contributed by atoms with Gasteiger partial charge >= 0.3 is 25.7 Å². The molecule has 0 aromatic heterocycles. The summed E-state index contributed by atoms with van der Waals surface area (Å²) in [6, 6.07) is 0. The number of rotatable bonds is 57. The van der Waals surface area contributed by atoms with Gasteiger partial charge in [0.2, 0.25) is 0 Å². The van der Waals surface area contributed by atoms with Gasteiger partial charge in [0, 0.05) is 19.3 Å². The van der Waals surface area contributed by atoms with Crippen LogP contribution >= 0.6 is 7.82 Å². The minimum Gasteiger partial charge on any atom is -0.462 e. The standard InChI is InChI=1S/C66H113O11P/c1-4-7-10-13-16-19-22-25-28-30-31-33-36-39-42-45-48-51-54-57-66(70)77-63(59-73-64(68)55-52-49-46-43-40-37-34-27-24-21-18-15-12-9-6-3)61-75-78(71,72)74-60-62(58-67)76-65(69)56-53-50-47-44-41-38-35-32-29-26-23-20-17-14-11-8-5-2/h8,11,16-17,19-20,25-29,31,33-35,38,62-63,67H,4-7,9-10,12-15,18,21-24,30,32,36-37,39-61H2,1-3H3,(H,71,72)/b11-8-,19-16-,20-17-,28-25-,29-26-,33-31-,34-27-,38-35-. The predicted molar refractivity (Wildman–Crippen MR) is 325 cm³/mol. The van der Waals surface area contributed by atoms with E-state index in [0.717, 1.165) is 141 Å². The van der Waals surface area contributed by atoms with Crippen LogP contribution in [0.15, 0.2) is 97.2 Å². The molecule has 0 spiro atoms. The van der Waals surface area contributed by atoms with Crippen molar-refractivity contribution >= 4 is 25.7 Å². The lowest BCUT2D eigenvalue weighted by Crippen LogP contribution is -2.30. The first-order valence-electron chi connectivity index (χ1n) is 31.1. The van der Waals surface area contributed by atoms with Gasteiger partial charge < -0.3 is 24.2 Å². The fourth-order valence-corrected chi connectivity index (χ4v) is 9.01. The third-order valence-corrected chi connectivity index (χ3v) is 13.9. The van der Waals surface area contributed by atoms with Crippen LogP contribution in [-0.4, -0.2) is 66.5 Å². The van der Waals surface area contributed by atoms with Crippen molar-refractivity contribution in [3.63, 3.8) is 0 Å². The highest BCUT2D eigenvalue weighted by Crippen LogP contribution is 2.43. The molecule has 0 heterocycles. The average molecular weight is 1110 g/mol. The van der Waals surface area contributed by atoms with Gasteiger partial charge in [-0.05, 0) is 122 Å². The molecule has 78 heavy (non-hydrogen) atoms. The molecule has 0 aliphatic carbocycles. The largest absolute Gasteiger partial charge is 0.472 e. The lowest BCUT2D eigenvalue weighted by molar-refractivity contribution is -0.161. The third kappa shape index (κ3) is 57.1. The van der Waals surface area contributed by atoms with Crippen LogP contribution in [0.2, 0.25) is 0 Å². The summed E-state index contributed by atoms with van der Waals surface area (Å²) in [5.41, 5.74) is 0. The van der Waals surface area contributed by atoms with Crippen LogP contribution in [-0.2, 0) is 42.2 Å². The van der Waals surface area contributed by atoms with Gasteiger partial charge in [0.1, 0.15) is 12.7 Å². The van der Waals surface area contributed by atoms with Crippen molar-refractivity contribution in [2.24, 2.45) is 0 Å². The molecule has 0 aromatic carbocycles. The highest BCUT2D eigenvalue weighted by Gasteiger charge is 2.28. The summed E-state index contributed by atoms with van der Waals surface area (Å²) >= 11 is 0. The molecule has 448 valence electrons. The van der Waals surface area contributed by atoms with E-state index in [-0.39, 0.29) is 25.9 Å². The van der Waals surface area contributed by atoms with Crippen molar-refractivity contribution in [3.8, 4) is 0 Å². The number of hydrogen-bond acceptors (Lipinski definition) is 10. The number of hydrogen-bond donors (Lipinski definition) is 2. The number of carbonyl (C=O) groups is 3. The monoisotopic (exact) mass is 1110 g/mol. The molecule has 0 radical (unpaired) electrons. The van der Waals surface area contributed by atoms with Crippen molar-refractivity contribution in [3.05, 3.63) is 97.2 Å². The normalized spacial score (nSPS) is 14.0. The van der Waals surface area contributed by atoms with E-state index in [4.69, 9.17) is 23.3 Å². The summed E-state index contributed by atoms with van der Waals surface area (Å²) in [5, 5.41) is 9.84. The Kier molecular flexibility index (Phi) is 56.8. The zero-order valence-electron chi connectivity index (χ0n) is 49.6. The topological polar surface area (TPSA) is 155 Å². The van der Waals surface area contributed by atoms with Crippen molar-refractivity contribution < 1.29 is 52.2 Å². The summed E-state index contributed by atoms with van der Waals surface area (Å²) in [6.07, 6.45) is 70.7. The number of unbranched alkanes of at least 4 members (excludes halogenated alkanes) is 24. The molecule has 0 bridgehead atoms. The van der Waals surface area contributed by atoms with Gasteiger partial charge in [-0.1, -0.05) is 221 Å². The maximum Gasteiger partial charge on any atom is 0.472 e. The molecule has 2 N–H and O–H groups in total. The number of phosphoric ester groups is 1. The predicted octanol–water partition coefficient (Wildman–Crippen LogP) is 18.8. The second-order valence-electron chi connectivity index (χ2n) is 20.5. The molecule has 0 saturated heterocycles. The van der Waals surface area contributed by atoms with Crippen molar-refractivity contribution in [2.45, 2.75) is 277 Å². The highest BCUT2D eigenvalue weighted by molar-refractivity contribution is 7.47. The lowest BCUT2D eigenvalue weighted by Gasteiger charge is -2.21. The van der Waals surface area contributed by atoms with E-state index >= 15 is 0 Å². The summed E-state index contributed by atoms with van der Waals surface area (Å²) in [6.45, 7) is 4.46. The molecule has 11 nitrogen and oxygen atoms in total. The van der Waals surface area contributed by atoms with Crippen LogP contribution in [0.5, 0.6) is 0 Å². The molecule has 0 amide bonds. The molecule has 3 unspecified atom stereocenters. The molecular formula is C66H113O11P. The van der Waals surface area contributed by atoms with Gasteiger partial charge in [-0.3, -0.25) is 23.4 Å². The highest BCUT2D eigenvalue weighted by atomic mass is 31.2. The fourth-order valence-electron chi connectivity index (χ4n) is 8.23. The maximum atomic E-state index is 12.9. The van der Waals surface area contributed by atoms with E-state index in [1.807, 2.05) is 0 Å². The van der Waals surface area contributed by atoms with Gasteiger partial charge in [0.15, 0.2) is 6.10 Å². The van der Waals surface area contributed by atoms with E-state index in [1.54, 1.807) is 0 Å². The van der Waals surface area contributed by atoms with E-state index in [0.29, 0.717) is 19.3 Å².